The largest absolute Gasteiger partial charge is 0.459 e. The molecule has 10 heteroatoms. The molecule has 10 nitrogen and oxygen atoms in total. The molecule has 212 valence electrons. The van der Waals surface area contributed by atoms with Crippen LogP contribution in [0.5, 0.6) is 5.75 Å². The first-order chi connectivity index (χ1) is 19.1. The third-order valence-corrected chi connectivity index (χ3v) is 6.45. The zero-order valence-electron chi connectivity index (χ0n) is 23.8. The smallest absolute Gasteiger partial charge is 0.415 e. The van der Waals surface area contributed by atoms with Gasteiger partial charge < -0.3 is 29.9 Å². The van der Waals surface area contributed by atoms with Gasteiger partial charge in [0.15, 0.2) is 0 Å². The molecular formula is C30H38N6O4. The van der Waals surface area contributed by atoms with Crippen molar-refractivity contribution in [1.82, 2.24) is 25.1 Å². The minimum Gasteiger partial charge on any atom is -0.459 e. The predicted octanol–water partition coefficient (Wildman–Crippen LogP) is 4.63. The number of anilines is 2. The Kier molecular flexibility index (Phi) is 9.34. The topological polar surface area (TPSA) is 109 Å². The Morgan fingerprint density at radius 3 is 2.15 bits per heavy atom. The van der Waals surface area contributed by atoms with E-state index in [1.165, 1.54) is 0 Å². The summed E-state index contributed by atoms with van der Waals surface area (Å²) in [5, 5.41) is 6.37. The number of carbonyl (C=O) groups is 2. The molecule has 0 saturated carbocycles. The standard InChI is InChI=1S/C30H38N6O4/c1-21(31-20-27(37)40-30(2,3)4)22-6-8-23(9-7-22)24-18-32-28(33-19-24)34-25-10-12-26(13-11-25)39-29(38)36-16-14-35(5)15-17-36/h6-13,18-19,21,31H,14-17,20H2,1-5H3,(H,32,33,34). The normalized spacial score (nSPS) is 14.9. The van der Waals surface area contributed by atoms with Crippen molar-refractivity contribution in [2.45, 2.75) is 39.3 Å². The maximum absolute atomic E-state index is 12.4. The van der Waals surface area contributed by atoms with E-state index < -0.39 is 5.60 Å². The van der Waals surface area contributed by atoms with Crippen LogP contribution in [0.3, 0.4) is 0 Å². The van der Waals surface area contributed by atoms with E-state index in [4.69, 9.17) is 9.47 Å². The van der Waals surface area contributed by atoms with Gasteiger partial charge in [0.05, 0.1) is 6.54 Å². The van der Waals surface area contributed by atoms with Crippen molar-refractivity contribution >= 4 is 23.7 Å². The molecule has 0 radical (unpaired) electrons. The summed E-state index contributed by atoms with van der Waals surface area (Å²) >= 11 is 0. The lowest BCUT2D eigenvalue weighted by Crippen LogP contribution is -2.48. The molecule has 0 spiro atoms. The van der Waals surface area contributed by atoms with Crippen LogP contribution < -0.4 is 15.4 Å². The number of rotatable bonds is 8. The van der Waals surface area contributed by atoms with Crippen LogP contribution >= 0.6 is 0 Å². The molecule has 1 amide bonds. The molecule has 40 heavy (non-hydrogen) atoms. The highest BCUT2D eigenvalue weighted by molar-refractivity contribution is 5.72. The third kappa shape index (κ3) is 8.49. The monoisotopic (exact) mass is 546 g/mol. The summed E-state index contributed by atoms with van der Waals surface area (Å²) in [7, 11) is 2.04. The molecule has 1 aliphatic heterocycles. The molecule has 1 aromatic heterocycles. The van der Waals surface area contributed by atoms with E-state index in [2.05, 4.69) is 25.5 Å². The first kappa shape index (κ1) is 29.0. The van der Waals surface area contributed by atoms with E-state index in [1.807, 2.05) is 71.1 Å². The molecule has 2 heterocycles. The van der Waals surface area contributed by atoms with E-state index in [0.717, 1.165) is 35.5 Å². The van der Waals surface area contributed by atoms with Crippen LogP contribution in [0.4, 0.5) is 16.4 Å². The Balaban J connectivity index is 1.27. The molecule has 0 aliphatic carbocycles. The van der Waals surface area contributed by atoms with Crippen LogP contribution in [0.1, 0.15) is 39.3 Å². The van der Waals surface area contributed by atoms with Gasteiger partial charge in [-0.05, 0) is 70.1 Å². The average Bonchev–Trinajstić information content (AvgIpc) is 2.93. The van der Waals surface area contributed by atoms with Crippen molar-refractivity contribution in [2.75, 3.05) is 45.1 Å². The summed E-state index contributed by atoms with van der Waals surface area (Å²) in [4.78, 5) is 37.1. The lowest BCUT2D eigenvalue weighted by molar-refractivity contribution is -0.153. The second-order valence-corrected chi connectivity index (χ2v) is 10.9. The fourth-order valence-corrected chi connectivity index (χ4v) is 4.13. The summed E-state index contributed by atoms with van der Waals surface area (Å²) in [5.41, 5.74) is 3.22. The number of hydrogen-bond donors (Lipinski definition) is 2. The van der Waals surface area contributed by atoms with Gasteiger partial charge in [0.25, 0.3) is 0 Å². The first-order valence-corrected chi connectivity index (χ1v) is 13.5. The summed E-state index contributed by atoms with van der Waals surface area (Å²) in [6.45, 7) is 10.7. The molecule has 3 aromatic rings. The number of amides is 1. The fourth-order valence-electron chi connectivity index (χ4n) is 4.13. The molecule has 4 rings (SSSR count). The van der Waals surface area contributed by atoms with Gasteiger partial charge in [-0.1, -0.05) is 24.3 Å². The molecule has 1 saturated heterocycles. The number of benzene rings is 2. The maximum Gasteiger partial charge on any atom is 0.415 e. The molecule has 0 bridgehead atoms. The summed E-state index contributed by atoms with van der Waals surface area (Å²) in [6, 6.07) is 15.2. The van der Waals surface area contributed by atoms with E-state index in [-0.39, 0.29) is 24.6 Å². The fraction of sp³-hybridized carbons (Fsp3) is 0.400. The van der Waals surface area contributed by atoms with Gasteiger partial charge in [0, 0.05) is 55.9 Å². The van der Waals surface area contributed by atoms with E-state index in [0.29, 0.717) is 24.8 Å². The molecule has 1 aliphatic rings. The average molecular weight is 547 g/mol. The number of piperazine rings is 1. The second-order valence-electron chi connectivity index (χ2n) is 10.9. The highest BCUT2D eigenvalue weighted by atomic mass is 16.6. The first-order valence-electron chi connectivity index (χ1n) is 13.5. The number of carbonyl (C=O) groups excluding carboxylic acids is 2. The Morgan fingerprint density at radius 2 is 1.55 bits per heavy atom. The minimum atomic E-state index is -0.498. The molecule has 1 fully saturated rings. The van der Waals surface area contributed by atoms with Crippen LogP contribution in [0.15, 0.2) is 60.9 Å². The Hall–Kier alpha value is -4.02. The molecule has 2 aromatic carbocycles. The predicted molar refractivity (Wildman–Crippen MR) is 155 cm³/mol. The van der Waals surface area contributed by atoms with Gasteiger partial charge in [-0.2, -0.15) is 0 Å². The van der Waals surface area contributed by atoms with E-state index >= 15 is 0 Å². The Morgan fingerprint density at radius 1 is 0.925 bits per heavy atom. The van der Waals surface area contributed by atoms with Crippen LogP contribution in [0.2, 0.25) is 0 Å². The lowest BCUT2D eigenvalue weighted by Gasteiger charge is -2.31. The van der Waals surface area contributed by atoms with Gasteiger partial charge >= 0.3 is 12.1 Å². The second kappa shape index (κ2) is 12.9. The highest BCUT2D eigenvalue weighted by Crippen LogP contribution is 2.23. The number of nitrogens with one attached hydrogen (secondary N) is 2. The number of aromatic nitrogens is 2. The zero-order valence-corrected chi connectivity index (χ0v) is 23.8. The molecule has 1 unspecified atom stereocenters. The van der Waals surface area contributed by atoms with Crippen molar-refractivity contribution < 1.29 is 19.1 Å². The van der Waals surface area contributed by atoms with Crippen molar-refractivity contribution in [3.05, 3.63) is 66.5 Å². The van der Waals surface area contributed by atoms with Gasteiger partial charge in [-0.3, -0.25) is 4.79 Å². The van der Waals surface area contributed by atoms with Gasteiger partial charge in [-0.15, -0.1) is 0 Å². The van der Waals surface area contributed by atoms with Crippen LogP contribution in [-0.2, 0) is 9.53 Å². The van der Waals surface area contributed by atoms with Gasteiger partial charge in [0.1, 0.15) is 11.4 Å². The number of hydrogen-bond acceptors (Lipinski definition) is 9. The molecule has 1 atom stereocenters. The van der Waals surface area contributed by atoms with Crippen LogP contribution in [0, 0.1) is 0 Å². The SMILES string of the molecule is CC(NCC(=O)OC(C)(C)C)c1ccc(-c2cnc(Nc3ccc(OC(=O)N4CCN(C)CC4)cc3)nc2)cc1. The van der Waals surface area contributed by atoms with Gasteiger partial charge in [0.2, 0.25) is 5.95 Å². The van der Waals surface area contributed by atoms with Crippen LogP contribution in [0.25, 0.3) is 11.1 Å². The Bertz CT molecular complexity index is 1270. The molecular weight excluding hydrogens is 508 g/mol. The zero-order chi connectivity index (χ0) is 28.7. The van der Waals surface area contributed by atoms with E-state index in [1.54, 1.807) is 29.4 Å². The quantitative estimate of drug-likeness (QED) is 0.391. The third-order valence-electron chi connectivity index (χ3n) is 6.45. The van der Waals surface area contributed by atoms with E-state index in [9.17, 15) is 9.59 Å². The van der Waals surface area contributed by atoms with Crippen molar-refractivity contribution in [3.63, 3.8) is 0 Å². The van der Waals surface area contributed by atoms with Gasteiger partial charge in [-0.25, -0.2) is 14.8 Å². The highest BCUT2D eigenvalue weighted by Gasteiger charge is 2.21. The van der Waals surface area contributed by atoms with Crippen molar-refractivity contribution in [3.8, 4) is 16.9 Å². The van der Waals surface area contributed by atoms with Crippen molar-refractivity contribution in [2.24, 2.45) is 0 Å². The summed E-state index contributed by atoms with van der Waals surface area (Å²) in [5.74, 6) is 0.675. The minimum absolute atomic E-state index is 0.00825. The number of esters is 1. The lowest BCUT2D eigenvalue weighted by atomic mass is 10.0. The Labute approximate surface area is 235 Å². The maximum atomic E-state index is 12.4. The number of ether oxygens (including phenoxy) is 2. The van der Waals surface area contributed by atoms with Crippen LogP contribution in [-0.4, -0.2) is 77.2 Å². The number of nitrogens with zero attached hydrogens (tertiary/aromatic N) is 4. The summed E-state index contributed by atoms with van der Waals surface area (Å²) in [6.07, 6.45) is 3.20. The van der Waals surface area contributed by atoms with Crippen molar-refractivity contribution in [1.29, 1.82) is 0 Å². The summed E-state index contributed by atoms with van der Waals surface area (Å²) < 4.78 is 10.9. The molecule has 2 N–H and O–H groups in total. The number of likely N-dealkylation sites (N-methyl/N-ethyl adjacent to an activating group) is 1.